The molecule has 2 aromatic rings. The molecule has 1 aliphatic heterocycles. The van der Waals surface area contributed by atoms with Gasteiger partial charge in [-0.1, -0.05) is 45.1 Å². The zero-order valence-corrected chi connectivity index (χ0v) is 21.1. The minimum Gasteiger partial charge on any atom is -0.487 e. The number of pyridine rings is 1. The molecule has 0 radical (unpaired) electrons. The summed E-state index contributed by atoms with van der Waals surface area (Å²) in [6, 6.07) is 6.43. The molecule has 1 aliphatic rings. The van der Waals surface area contributed by atoms with E-state index < -0.39 is 0 Å². The SMILES string of the molecule is CC.CCCN(CCOCC)Cc1cc(C)c(OCC2=CCC=N/C=C\C2)c2ncccc12. The second kappa shape index (κ2) is 15.4. The summed E-state index contributed by atoms with van der Waals surface area (Å²) < 4.78 is 11.9. The molecule has 1 aromatic heterocycles. The predicted molar refractivity (Wildman–Crippen MR) is 140 cm³/mol. The Bertz CT molecular complexity index is 934. The number of aliphatic imine (C=N–C) groups is 1. The number of nitrogens with zero attached hydrogens (tertiary/aromatic N) is 3. The second-order valence-corrected chi connectivity index (χ2v) is 7.86. The van der Waals surface area contributed by atoms with Crippen molar-refractivity contribution in [1.29, 1.82) is 0 Å². The zero-order chi connectivity index (χ0) is 23.9. The highest BCUT2D eigenvalue weighted by atomic mass is 16.5. The lowest BCUT2D eigenvalue weighted by atomic mass is 10.0. The molecule has 0 amide bonds. The van der Waals surface area contributed by atoms with Crippen molar-refractivity contribution >= 4 is 17.1 Å². The van der Waals surface area contributed by atoms with Gasteiger partial charge < -0.3 is 9.47 Å². The number of benzene rings is 1. The molecule has 0 saturated carbocycles. The van der Waals surface area contributed by atoms with E-state index in [1.54, 1.807) is 0 Å². The van der Waals surface area contributed by atoms with Crippen molar-refractivity contribution in [3.8, 4) is 5.75 Å². The van der Waals surface area contributed by atoms with Gasteiger partial charge in [-0.3, -0.25) is 14.9 Å². The highest BCUT2D eigenvalue weighted by molar-refractivity contribution is 5.88. The molecular formula is C28H41N3O2. The Kier molecular flexibility index (Phi) is 12.4. The fourth-order valence-electron chi connectivity index (χ4n) is 3.89. The summed E-state index contributed by atoms with van der Waals surface area (Å²) in [6.45, 7) is 15.4. The summed E-state index contributed by atoms with van der Waals surface area (Å²) in [7, 11) is 0. The fourth-order valence-corrected chi connectivity index (χ4v) is 3.89. The standard InChI is InChI=1S/C26H35N3O2.C2H6/c1-4-15-29(16-17-30-5-2)19-23-18-21(3)26(25-24(23)11-8-14-28-25)31-20-22-9-6-12-27-13-7-10-22;1-2/h6,8,10-14,18H,4-5,7,9,15-17,19-20H2,1-3H3;1-2H3/b12-6-,22-10?,27-13?;. The quantitative estimate of drug-likeness (QED) is 0.289. The maximum absolute atomic E-state index is 6.33. The Morgan fingerprint density at radius 2 is 2.00 bits per heavy atom. The van der Waals surface area contributed by atoms with Crippen LogP contribution in [0.15, 0.2) is 53.3 Å². The molecule has 0 spiro atoms. The van der Waals surface area contributed by atoms with E-state index in [0.29, 0.717) is 6.61 Å². The van der Waals surface area contributed by atoms with Crippen LogP contribution in [-0.2, 0) is 11.3 Å². The largest absolute Gasteiger partial charge is 0.487 e. The molecule has 0 N–H and O–H groups in total. The van der Waals surface area contributed by atoms with Gasteiger partial charge >= 0.3 is 0 Å². The molecule has 3 rings (SSSR count). The number of ether oxygens (including phenoxy) is 2. The van der Waals surface area contributed by atoms with Crippen molar-refractivity contribution in [3.63, 3.8) is 0 Å². The van der Waals surface area contributed by atoms with Crippen LogP contribution < -0.4 is 4.74 Å². The Morgan fingerprint density at radius 1 is 1.15 bits per heavy atom. The van der Waals surface area contributed by atoms with Crippen molar-refractivity contribution in [2.24, 2.45) is 4.99 Å². The van der Waals surface area contributed by atoms with Gasteiger partial charge in [0.2, 0.25) is 0 Å². The average molecular weight is 452 g/mol. The lowest BCUT2D eigenvalue weighted by Gasteiger charge is -2.23. The molecule has 5 heteroatoms. The van der Waals surface area contributed by atoms with Crippen LogP contribution in [0.2, 0.25) is 0 Å². The molecule has 0 saturated heterocycles. The lowest BCUT2D eigenvalue weighted by molar-refractivity contribution is 0.111. The van der Waals surface area contributed by atoms with Crippen LogP contribution in [0.3, 0.4) is 0 Å². The Morgan fingerprint density at radius 3 is 2.79 bits per heavy atom. The van der Waals surface area contributed by atoms with Gasteiger partial charge in [0, 0.05) is 50.1 Å². The molecule has 0 bridgehead atoms. The fraction of sp³-hybridized carbons (Fsp3) is 0.500. The summed E-state index contributed by atoms with van der Waals surface area (Å²) in [6.07, 6.45) is 12.7. The van der Waals surface area contributed by atoms with Crippen molar-refractivity contribution in [1.82, 2.24) is 9.88 Å². The Hall–Kier alpha value is -2.50. The van der Waals surface area contributed by atoms with E-state index >= 15 is 0 Å². The third-order valence-corrected chi connectivity index (χ3v) is 5.40. The van der Waals surface area contributed by atoms with Crippen molar-refractivity contribution < 1.29 is 9.47 Å². The number of hydrogen-bond donors (Lipinski definition) is 0. The van der Waals surface area contributed by atoms with Gasteiger partial charge in [0.05, 0.1) is 6.61 Å². The predicted octanol–water partition coefficient (Wildman–Crippen LogP) is 6.50. The first-order valence-corrected chi connectivity index (χ1v) is 12.4. The number of hydrogen-bond acceptors (Lipinski definition) is 5. The van der Waals surface area contributed by atoms with Crippen LogP contribution >= 0.6 is 0 Å². The third kappa shape index (κ3) is 8.41. The second-order valence-electron chi connectivity index (χ2n) is 7.86. The summed E-state index contributed by atoms with van der Waals surface area (Å²) in [4.78, 5) is 11.4. The molecule has 2 heterocycles. The smallest absolute Gasteiger partial charge is 0.148 e. The topological polar surface area (TPSA) is 47.0 Å². The van der Waals surface area contributed by atoms with Crippen molar-refractivity contribution in [3.05, 3.63) is 59.4 Å². The maximum atomic E-state index is 6.33. The van der Waals surface area contributed by atoms with Crippen LogP contribution in [0.1, 0.15) is 58.1 Å². The average Bonchev–Trinajstić information content (AvgIpc) is 2.81. The molecular weight excluding hydrogens is 410 g/mol. The van der Waals surface area contributed by atoms with Gasteiger partial charge in [0.1, 0.15) is 17.9 Å². The number of aryl methyl sites for hydroxylation is 1. The van der Waals surface area contributed by atoms with Crippen LogP contribution in [0.5, 0.6) is 5.75 Å². The third-order valence-electron chi connectivity index (χ3n) is 5.40. The van der Waals surface area contributed by atoms with E-state index in [1.807, 2.05) is 45.4 Å². The molecule has 0 unspecified atom stereocenters. The summed E-state index contributed by atoms with van der Waals surface area (Å²) in [5, 5.41) is 1.17. The van der Waals surface area contributed by atoms with Gasteiger partial charge in [-0.15, -0.1) is 0 Å². The highest BCUT2D eigenvalue weighted by Gasteiger charge is 2.15. The number of fused-ring (bicyclic) bond motifs is 1. The normalized spacial score (nSPS) is 14.3. The highest BCUT2D eigenvalue weighted by Crippen LogP contribution is 2.32. The molecule has 1 aromatic carbocycles. The first-order valence-electron chi connectivity index (χ1n) is 12.4. The van der Waals surface area contributed by atoms with Gasteiger partial charge in [0.25, 0.3) is 0 Å². The van der Waals surface area contributed by atoms with Crippen LogP contribution in [0.4, 0.5) is 0 Å². The first-order chi connectivity index (χ1) is 16.2. The minimum absolute atomic E-state index is 0.570. The van der Waals surface area contributed by atoms with Gasteiger partial charge in [-0.25, -0.2) is 0 Å². The van der Waals surface area contributed by atoms with Crippen molar-refractivity contribution in [2.45, 2.75) is 60.4 Å². The molecule has 0 aliphatic carbocycles. The molecule has 0 fully saturated rings. The maximum Gasteiger partial charge on any atom is 0.148 e. The summed E-state index contributed by atoms with van der Waals surface area (Å²) in [5.74, 6) is 0.885. The number of rotatable bonds is 11. The zero-order valence-electron chi connectivity index (χ0n) is 21.1. The molecule has 5 nitrogen and oxygen atoms in total. The van der Waals surface area contributed by atoms with Gasteiger partial charge in [0.15, 0.2) is 0 Å². The first kappa shape index (κ1) is 26.7. The van der Waals surface area contributed by atoms with Crippen molar-refractivity contribution in [2.75, 3.05) is 32.9 Å². The van der Waals surface area contributed by atoms with E-state index in [1.165, 1.54) is 16.5 Å². The minimum atomic E-state index is 0.570. The monoisotopic (exact) mass is 451 g/mol. The van der Waals surface area contributed by atoms with Crippen LogP contribution in [-0.4, -0.2) is 49.0 Å². The Labute approximate surface area is 200 Å². The van der Waals surface area contributed by atoms with E-state index in [2.05, 4.69) is 48.0 Å². The number of aromatic nitrogens is 1. The van der Waals surface area contributed by atoms with Crippen LogP contribution in [0.25, 0.3) is 10.9 Å². The van der Waals surface area contributed by atoms with E-state index in [0.717, 1.165) is 68.9 Å². The number of allylic oxidation sites excluding steroid dienone is 2. The van der Waals surface area contributed by atoms with E-state index in [4.69, 9.17) is 14.5 Å². The Balaban J connectivity index is 0.00000187. The molecule has 33 heavy (non-hydrogen) atoms. The van der Waals surface area contributed by atoms with Gasteiger partial charge in [-0.2, -0.15) is 0 Å². The van der Waals surface area contributed by atoms with Gasteiger partial charge in [-0.05, 0) is 56.0 Å². The molecule has 0 atom stereocenters. The van der Waals surface area contributed by atoms with E-state index in [9.17, 15) is 0 Å². The summed E-state index contributed by atoms with van der Waals surface area (Å²) >= 11 is 0. The lowest BCUT2D eigenvalue weighted by Crippen LogP contribution is -2.28. The van der Waals surface area contributed by atoms with E-state index in [-0.39, 0.29) is 0 Å². The summed E-state index contributed by atoms with van der Waals surface area (Å²) in [5.41, 5.74) is 4.63. The van der Waals surface area contributed by atoms with Crippen LogP contribution in [0, 0.1) is 6.92 Å². The molecule has 180 valence electrons.